The first-order valence-corrected chi connectivity index (χ1v) is 13.0. The summed E-state index contributed by atoms with van der Waals surface area (Å²) in [5, 5.41) is 3.96. The van der Waals surface area contributed by atoms with Gasteiger partial charge in [-0.05, 0) is 73.0 Å². The van der Waals surface area contributed by atoms with E-state index in [0.29, 0.717) is 45.3 Å². The lowest BCUT2D eigenvalue weighted by molar-refractivity contribution is -0.129. The third-order valence-corrected chi connectivity index (χ3v) is 7.55. The Balaban J connectivity index is 1.55. The number of halogens is 2. The summed E-state index contributed by atoms with van der Waals surface area (Å²) in [6.45, 7) is 2.33. The van der Waals surface area contributed by atoms with Gasteiger partial charge in [0.1, 0.15) is 11.0 Å². The SMILES string of the molecule is COc1ccc(N=C2SC(C(=O)Nc3ccc(C)c(Cl)c3)CC(=O)N2CCc2ccc(Cl)cc2)cc1. The number of amides is 2. The molecule has 3 aromatic rings. The van der Waals surface area contributed by atoms with Crippen molar-refractivity contribution in [3.05, 3.63) is 87.9 Å². The summed E-state index contributed by atoms with van der Waals surface area (Å²) in [4.78, 5) is 32.7. The van der Waals surface area contributed by atoms with Crippen LogP contribution in [0.25, 0.3) is 0 Å². The number of nitrogens with zero attached hydrogens (tertiary/aromatic N) is 2. The van der Waals surface area contributed by atoms with E-state index in [4.69, 9.17) is 32.9 Å². The van der Waals surface area contributed by atoms with Gasteiger partial charge in [0.05, 0.1) is 12.8 Å². The zero-order valence-corrected chi connectivity index (χ0v) is 22.2. The zero-order valence-electron chi connectivity index (χ0n) is 19.8. The second kappa shape index (κ2) is 11.8. The van der Waals surface area contributed by atoms with Crippen LogP contribution in [0.5, 0.6) is 5.75 Å². The maximum atomic E-state index is 13.2. The van der Waals surface area contributed by atoms with Crippen LogP contribution in [0, 0.1) is 6.92 Å². The number of carbonyl (C=O) groups excluding carboxylic acids is 2. The molecule has 9 heteroatoms. The molecule has 0 aromatic heterocycles. The molecule has 186 valence electrons. The molecule has 0 bridgehead atoms. The van der Waals surface area contributed by atoms with Crippen molar-refractivity contribution in [3.8, 4) is 5.75 Å². The van der Waals surface area contributed by atoms with Gasteiger partial charge in [-0.3, -0.25) is 14.5 Å². The van der Waals surface area contributed by atoms with Gasteiger partial charge in [0.2, 0.25) is 11.8 Å². The van der Waals surface area contributed by atoms with Gasteiger partial charge >= 0.3 is 0 Å². The van der Waals surface area contributed by atoms with Crippen molar-refractivity contribution in [1.29, 1.82) is 0 Å². The molecule has 1 unspecified atom stereocenters. The lowest BCUT2D eigenvalue weighted by atomic mass is 10.1. The lowest BCUT2D eigenvalue weighted by Crippen LogP contribution is -2.46. The average Bonchev–Trinajstić information content (AvgIpc) is 2.87. The third kappa shape index (κ3) is 6.60. The minimum Gasteiger partial charge on any atom is -0.497 e. The van der Waals surface area contributed by atoms with Crippen molar-refractivity contribution in [3.63, 3.8) is 0 Å². The number of benzene rings is 3. The smallest absolute Gasteiger partial charge is 0.238 e. The fraction of sp³-hybridized carbons (Fsp3) is 0.222. The summed E-state index contributed by atoms with van der Waals surface area (Å²) < 4.78 is 5.22. The molecule has 6 nitrogen and oxygen atoms in total. The largest absolute Gasteiger partial charge is 0.497 e. The molecule has 0 saturated carbocycles. The summed E-state index contributed by atoms with van der Waals surface area (Å²) in [7, 11) is 1.60. The monoisotopic (exact) mass is 541 g/mol. The number of aliphatic imine (C=N–C) groups is 1. The summed E-state index contributed by atoms with van der Waals surface area (Å²) in [5.41, 5.74) is 3.22. The molecule has 1 N–H and O–H groups in total. The maximum absolute atomic E-state index is 13.2. The van der Waals surface area contributed by atoms with Crippen molar-refractivity contribution < 1.29 is 14.3 Å². The van der Waals surface area contributed by atoms with Crippen LogP contribution in [0.1, 0.15) is 17.5 Å². The van der Waals surface area contributed by atoms with Crippen LogP contribution in [0.4, 0.5) is 11.4 Å². The maximum Gasteiger partial charge on any atom is 0.238 e. The molecule has 2 amide bonds. The number of methoxy groups -OCH3 is 1. The van der Waals surface area contributed by atoms with Gasteiger partial charge in [0, 0.05) is 28.7 Å². The van der Waals surface area contributed by atoms with Crippen LogP contribution in [0.3, 0.4) is 0 Å². The molecule has 0 aliphatic carbocycles. The Morgan fingerprint density at radius 1 is 1.11 bits per heavy atom. The number of hydrogen-bond donors (Lipinski definition) is 1. The number of rotatable bonds is 7. The van der Waals surface area contributed by atoms with Crippen LogP contribution in [-0.2, 0) is 16.0 Å². The topological polar surface area (TPSA) is 71.0 Å². The minimum absolute atomic E-state index is 0.0678. The Labute approximate surface area is 224 Å². The molecule has 1 atom stereocenters. The number of amidine groups is 1. The second-order valence-corrected chi connectivity index (χ2v) is 10.3. The Morgan fingerprint density at radius 3 is 2.50 bits per heavy atom. The van der Waals surface area contributed by atoms with Gasteiger partial charge in [0.25, 0.3) is 0 Å². The van der Waals surface area contributed by atoms with Gasteiger partial charge in [-0.15, -0.1) is 0 Å². The van der Waals surface area contributed by atoms with E-state index >= 15 is 0 Å². The molecule has 1 heterocycles. The summed E-state index contributed by atoms with van der Waals surface area (Å²) in [6.07, 6.45) is 0.697. The van der Waals surface area contributed by atoms with E-state index in [2.05, 4.69) is 5.32 Å². The van der Waals surface area contributed by atoms with E-state index in [1.54, 1.807) is 36.3 Å². The number of ether oxygens (including phenoxy) is 1. The van der Waals surface area contributed by atoms with E-state index in [1.807, 2.05) is 49.4 Å². The van der Waals surface area contributed by atoms with E-state index in [-0.39, 0.29) is 18.2 Å². The third-order valence-electron chi connectivity index (χ3n) is 5.71. The van der Waals surface area contributed by atoms with E-state index in [1.165, 1.54) is 11.8 Å². The van der Waals surface area contributed by atoms with Crippen LogP contribution >= 0.6 is 35.0 Å². The quantitative estimate of drug-likeness (QED) is 0.369. The number of hydrogen-bond acceptors (Lipinski definition) is 5. The summed E-state index contributed by atoms with van der Waals surface area (Å²) in [5.74, 6) is 0.282. The average molecular weight is 542 g/mol. The summed E-state index contributed by atoms with van der Waals surface area (Å²) >= 11 is 13.5. The highest BCUT2D eigenvalue weighted by molar-refractivity contribution is 8.15. The Kier molecular flexibility index (Phi) is 8.56. The first kappa shape index (κ1) is 26.1. The molecule has 1 fully saturated rings. The van der Waals surface area contributed by atoms with Gasteiger partial charge in [-0.1, -0.05) is 53.2 Å². The van der Waals surface area contributed by atoms with Crippen LogP contribution in [0.15, 0.2) is 71.7 Å². The molecular weight excluding hydrogens is 517 g/mol. The number of aryl methyl sites for hydroxylation is 1. The Bertz CT molecular complexity index is 1280. The fourth-order valence-corrected chi connectivity index (χ4v) is 5.05. The van der Waals surface area contributed by atoms with Crippen molar-refractivity contribution in [1.82, 2.24) is 4.90 Å². The van der Waals surface area contributed by atoms with Crippen LogP contribution in [-0.4, -0.2) is 40.8 Å². The van der Waals surface area contributed by atoms with Crippen molar-refractivity contribution >= 4 is 63.3 Å². The highest BCUT2D eigenvalue weighted by Gasteiger charge is 2.35. The van der Waals surface area contributed by atoms with E-state index < -0.39 is 5.25 Å². The Morgan fingerprint density at radius 2 is 1.83 bits per heavy atom. The number of thioether (sulfide) groups is 1. The fourth-order valence-electron chi connectivity index (χ4n) is 3.61. The summed E-state index contributed by atoms with van der Waals surface area (Å²) in [6, 6.07) is 20.1. The Hall–Kier alpha value is -3.00. The molecule has 0 radical (unpaired) electrons. The highest BCUT2D eigenvalue weighted by atomic mass is 35.5. The standard InChI is InChI=1S/C27H25Cl2N3O3S/c1-17-3-8-21(15-23(17)29)30-26(34)24-16-25(33)32(14-13-18-4-6-19(28)7-5-18)27(36-24)31-20-9-11-22(35-2)12-10-20/h3-12,15,24H,13-14,16H2,1-2H3,(H,30,34). The molecular formula is C27H25Cl2N3O3S. The van der Waals surface area contributed by atoms with Crippen LogP contribution < -0.4 is 10.1 Å². The predicted octanol–water partition coefficient (Wildman–Crippen LogP) is 6.51. The van der Waals surface area contributed by atoms with Crippen molar-refractivity contribution in [2.45, 2.75) is 25.0 Å². The number of anilines is 1. The second-order valence-electron chi connectivity index (χ2n) is 8.28. The first-order valence-electron chi connectivity index (χ1n) is 11.3. The minimum atomic E-state index is -0.624. The molecule has 36 heavy (non-hydrogen) atoms. The van der Waals surface area contributed by atoms with Gasteiger partial charge in [-0.25, -0.2) is 4.99 Å². The molecule has 1 saturated heterocycles. The van der Waals surface area contributed by atoms with Gasteiger partial charge < -0.3 is 10.1 Å². The normalized spacial score (nSPS) is 16.8. The number of carbonyl (C=O) groups is 2. The van der Waals surface area contributed by atoms with Gasteiger partial charge in [0.15, 0.2) is 5.17 Å². The molecule has 3 aromatic carbocycles. The highest BCUT2D eigenvalue weighted by Crippen LogP contribution is 2.31. The molecule has 1 aliphatic rings. The van der Waals surface area contributed by atoms with Crippen molar-refractivity contribution in [2.24, 2.45) is 4.99 Å². The lowest BCUT2D eigenvalue weighted by Gasteiger charge is -2.32. The van der Waals surface area contributed by atoms with E-state index in [0.717, 1.165) is 11.1 Å². The molecule has 4 rings (SSSR count). The van der Waals surface area contributed by atoms with E-state index in [9.17, 15) is 9.59 Å². The van der Waals surface area contributed by atoms with Crippen LogP contribution in [0.2, 0.25) is 10.0 Å². The molecule has 1 aliphatic heterocycles. The molecule has 0 spiro atoms. The van der Waals surface area contributed by atoms with Crippen molar-refractivity contribution in [2.75, 3.05) is 19.0 Å². The van der Waals surface area contributed by atoms with Gasteiger partial charge in [-0.2, -0.15) is 0 Å². The zero-order chi connectivity index (χ0) is 25.7. The number of nitrogens with one attached hydrogen (secondary N) is 1. The first-order chi connectivity index (χ1) is 17.3. The predicted molar refractivity (Wildman–Crippen MR) is 148 cm³/mol.